The molecule has 7 heteroatoms. The Morgan fingerprint density at radius 1 is 1.00 bits per heavy atom. The molecule has 6 nitrogen and oxygen atoms in total. The van der Waals surface area contributed by atoms with Crippen molar-refractivity contribution < 1.29 is 13.0 Å². The topological polar surface area (TPSA) is 71.6 Å². The molecule has 0 aliphatic heterocycles. The summed E-state index contributed by atoms with van der Waals surface area (Å²) in [6, 6.07) is 14.3. The van der Waals surface area contributed by atoms with Gasteiger partial charge in [0.25, 0.3) is 10.0 Å². The third-order valence-corrected chi connectivity index (χ3v) is 6.58. The molecule has 0 fully saturated rings. The van der Waals surface area contributed by atoms with Crippen LogP contribution in [-0.2, 0) is 17.1 Å². The Morgan fingerprint density at radius 3 is 2.64 bits per heavy atom. The molecular formula is C21H17N4O2S+. The molecule has 0 saturated heterocycles. The average Bonchev–Trinajstić information content (AvgIpc) is 3.30. The van der Waals surface area contributed by atoms with E-state index in [1.54, 1.807) is 42.7 Å². The normalized spacial score (nSPS) is 12.0. The molecule has 1 aromatic carbocycles. The van der Waals surface area contributed by atoms with E-state index in [0.29, 0.717) is 5.52 Å². The van der Waals surface area contributed by atoms with E-state index in [1.807, 2.05) is 48.4 Å². The van der Waals surface area contributed by atoms with Gasteiger partial charge in [0, 0.05) is 46.6 Å². The van der Waals surface area contributed by atoms with E-state index in [-0.39, 0.29) is 4.90 Å². The Hall–Kier alpha value is -3.45. The second-order valence-corrected chi connectivity index (χ2v) is 8.48. The number of aromatic amines is 1. The van der Waals surface area contributed by atoms with Crippen molar-refractivity contribution in [1.82, 2.24) is 13.9 Å². The molecule has 1 N–H and O–H groups in total. The number of nitrogens with one attached hydrogen (secondary N) is 1. The molecule has 0 aliphatic rings. The van der Waals surface area contributed by atoms with E-state index in [1.165, 1.54) is 3.97 Å². The van der Waals surface area contributed by atoms with Crippen LogP contribution in [-0.4, -0.2) is 22.4 Å². The number of rotatable bonds is 3. The first kappa shape index (κ1) is 16.7. The van der Waals surface area contributed by atoms with E-state index < -0.39 is 10.0 Å². The highest BCUT2D eigenvalue weighted by molar-refractivity contribution is 7.90. The third-order valence-electron chi connectivity index (χ3n) is 4.89. The third kappa shape index (κ3) is 2.44. The molecule has 4 aromatic heterocycles. The molecule has 0 radical (unpaired) electrons. The van der Waals surface area contributed by atoms with Crippen LogP contribution in [0.1, 0.15) is 0 Å². The molecule has 0 atom stereocenters. The number of aromatic nitrogens is 4. The van der Waals surface area contributed by atoms with Crippen LogP contribution < -0.4 is 4.57 Å². The molecule has 5 aromatic rings. The number of fused-ring (bicyclic) bond motifs is 2. The first-order chi connectivity index (χ1) is 13.6. The fraction of sp³-hybridized carbons (Fsp3) is 0.0476. The van der Waals surface area contributed by atoms with Crippen LogP contribution >= 0.6 is 0 Å². The SMILES string of the molecule is C[n+]1ccc2c(-c3c[nH]c4ncccc34)cn(S(=O)(=O)c3ccccc3)c2c1. The van der Waals surface area contributed by atoms with Crippen LogP contribution in [0.25, 0.3) is 33.1 Å². The number of nitrogens with zero attached hydrogens (tertiary/aromatic N) is 3. The molecule has 28 heavy (non-hydrogen) atoms. The second kappa shape index (κ2) is 6.03. The lowest BCUT2D eigenvalue weighted by Crippen LogP contribution is -2.26. The van der Waals surface area contributed by atoms with Gasteiger partial charge in [0.1, 0.15) is 18.2 Å². The van der Waals surface area contributed by atoms with Crippen LogP contribution in [0.3, 0.4) is 0 Å². The lowest BCUT2D eigenvalue weighted by molar-refractivity contribution is -0.670. The van der Waals surface area contributed by atoms with Crippen LogP contribution in [0.5, 0.6) is 0 Å². The van der Waals surface area contributed by atoms with Gasteiger partial charge in [0.15, 0.2) is 12.4 Å². The number of hydrogen-bond donors (Lipinski definition) is 1. The van der Waals surface area contributed by atoms with Gasteiger partial charge in [0.05, 0.1) is 4.90 Å². The summed E-state index contributed by atoms with van der Waals surface area (Å²) in [5.41, 5.74) is 3.16. The van der Waals surface area contributed by atoms with Crippen LogP contribution in [0, 0.1) is 0 Å². The largest absolute Gasteiger partial charge is 0.346 e. The number of hydrogen-bond acceptors (Lipinski definition) is 3. The van der Waals surface area contributed by atoms with Gasteiger partial charge < -0.3 is 4.98 Å². The zero-order valence-corrected chi connectivity index (χ0v) is 15.9. The molecule has 5 rings (SSSR count). The van der Waals surface area contributed by atoms with Crippen LogP contribution in [0.4, 0.5) is 0 Å². The van der Waals surface area contributed by atoms with Gasteiger partial charge in [0.2, 0.25) is 0 Å². The summed E-state index contributed by atoms with van der Waals surface area (Å²) in [7, 11) is -1.85. The van der Waals surface area contributed by atoms with Crippen molar-refractivity contribution in [2.24, 2.45) is 7.05 Å². The summed E-state index contributed by atoms with van der Waals surface area (Å²) in [6.45, 7) is 0. The van der Waals surface area contributed by atoms with Crippen molar-refractivity contribution in [2.45, 2.75) is 4.90 Å². The van der Waals surface area contributed by atoms with Gasteiger partial charge in [-0.25, -0.2) is 21.9 Å². The highest BCUT2D eigenvalue weighted by atomic mass is 32.2. The predicted octanol–water partition coefficient (Wildman–Crippen LogP) is 3.25. The smallest absolute Gasteiger partial charge is 0.268 e. The zero-order chi connectivity index (χ0) is 19.3. The zero-order valence-electron chi connectivity index (χ0n) is 15.1. The summed E-state index contributed by atoms with van der Waals surface area (Å²) in [6.07, 6.45) is 9.04. The highest BCUT2D eigenvalue weighted by Crippen LogP contribution is 2.35. The molecular weight excluding hydrogens is 372 g/mol. The minimum Gasteiger partial charge on any atom is -0.346 e. The van der Waals surface area contributed by atoms with Crippen molar-refractivity contribution in [3.63, 3.8) is 0 Å². The second-order valence-electron chi connectivity index (χ2n) is 6.67. The summed E-state index contributed by atoms with van der Waals surface area (Å²) >= 11 is 0. The van der Waals surface area contributed by atoms with Gasteiger partial charge in [-0.3, -0.25) is 0 Å². The van der Waals surface area contributed by atoms with E-state index in [9.17, 15) is 8.42 Å². The van der Waals surface area contributed by atoms with E-state index in [2.05, 4.69) is 9.97 Å². The molecule has 0 amide bonds. The Bertz CT molecular complexity index is 1430. The molecule has 0 unspecified atom stereocenters. The van der Waals surface area contributed by atoms with Gasteiger partial charge in [-0.1, -0.05) is 18.2 Å². The van der Waals surface area contributed by atoms with Crippen molar-refractivity contribution in [3.05, 3.63) is 79.5 Å². The van der Waals surface area contributed by atoms with Crippen molar-refractivity contribution in [3.8, 4) is 11.1 Å². The monoisotopic (exact) mass is 389 g/mol. The van der Waals surface area contributed by atoms with Crippen molar-refractivity contribution >= 4 is 32.0 Å². The standard InChI is InChI=1S/C21H17N4O2S/c1-24-11-9-16-19(18-12-23-21-17(18)8-5-10-22-21)13-25(20(16)14-24)28(26,27)15-6-3-2-4-7-15/h2-14H,1H3,(H,22,23)/q+1. The van der Waals surface area contributed by atoms with Gasteiger partial charge >= 0.3 is 0 Å². The lowest BCUT2D eigenvalue weighted by Gasteiger charge is -2.06. The molecule has 0 saturated carbocycles. The number of pyridine rings is 2. The lowest BCUT2D eigenvalue weighted by atomic mass is 10.1. The van der Waals surface area contributed by atoms with E-state index in [0.717, 1.165) is 27.5 Å². The first-order valence-electron chi connectivity index (χ1n) is 8.79. The molecule has 0 bridgehead atoms. The number of aryl methyl sites for hydroxylation is 1. The summed E-state index contributed by atoms with van der Waals surface area (Å²) < 4.78 is 29.9. The van der Waals surface area contributed by atoms with Crippen molar-refractivity contribution in [1.29, 1.82) is 0 Å². The Morgan fingerprint density at radius 2 is 1.82 bits per heavy atom. The fourth-order valence-electron chi connectivity index (χ4n) is 3.54. The summed E-state index contributed by atoms with van der Waals surface area (Å²) in [5, 5.41) is 1.81. The minimum absolute atomic E-state index is 0.255. The molecule has 0 spiro atoms. The fourth-order valence-corrected chi connectivity index (χ4v) is 4.92. The molecule has 4 heterocycles. The summed E-state index contributed by atoms with van der Waals surface area (Å²) in [5.74, 6) is 0. The number of benzene rings is 1. The van der Waals surface area contributed by atoms with Crippen LogP contribution in [0.2, 0.25) is 0 Å². The maximum absolute atomic E-state index is 13.3. The minimum atomic E-state index is -3.73. The number of H-pyrrole nitrogens is 1. The van der Waals surface area contributed by atoms with E-state index >= 15 is 0 Å². The Kier molecular flexibility index (Phi) is 3.60. The van der Waals surface area contributed by atoms with E-state index in [4.69, 9.17) is 0 Å². The maximum Gasteiger partial charge on any atom is 0.268 e. The van der Waals surface area contributed by atoms with Crippen LogP contribution in [0.15, 0.2) is 84.4 Å². The van der Waals surface area contributed by atoms with Crippen molar-refractivity contribution in [2.75, 3.05) is 0 Å². The summed E-state index contributed by atoms with van der Waals surface area (Å²) in [4.78, 5) is 7.76. The van der Waals surface area contributed by atoms with Gasteiger partial charge in [-0.15, -0.1) is 0 Å². The first-order valence-corrected chi connectivity index (χ1v) is 10.2. The maximum atomic E-state index is 13.3. The Labute approximate surface area is 161 Å². The molecule has 0 aliphatic carbocycles. The van der Waals surface area contributed by atoms with Gasteiger partial charge in [-0.2, -0.15) is 0 Å². The van der Waals surface area contributed by atoms with Gasteiger partial charge in [-0.05, 0) is 24.3 Å². The molecule has 138 valence electrons. The average molecular weight is 389 g/mol. The quantitative estimate of drug-likeness (QED) is 0.482. The highest BCUT2D eigenvalue weighted by Gasteiger charge is 2.24. The predicted molar refractivity (Wildman–Crippen MR) is 107 cm³/mol. The Balaban J connectivity index is 1.84.